The van der Waals surface area contributed by atoms with Gasteiger partial charge in [0.2, 0.25) is 0 Å². The number of hydrogen-bond donors (Lipinski definition) is 0. The quantitative estimate of drug-likeness (QED) is 0.189. The fourth-order valence-corrected chi connectivity index (χ4v) is 7.88. The van der Waals surface area contributed by atoms with Crippen LogP contribution in [0.25, 0.3) is 88.0 Å². The molecule has 9 aromatic rings. The molecule has 10 rings (SSSR count). The second-order valence-electron chi connectivity index (χ2n) is 13.0. The van der Waals surface area contributed by atoms with E-state index in [2.05, 4.69) is 140 Å². The molecule has 3 nitrogen and oxygen atoms in total. The first-order valence-electron chi connectivity index (χ1n) is 15.8. The predicted molar refractivity (Wildman–Crippen MR) is 190 cm³/mol. The third kappa shape index (κ3) is 3.43. The Morgan fingerprint density at radius 1 is 0.500 bits per heavy atom. The molecule has 0 aliphatic heterocycles. The number of benzene rings is 6. The highest BCUT2D eigenvalue weighted by molar-refractivity contribution is 6.17. The molecule has 0 saturated carbocycles. The molecule has 46 heavy (non-hydrogen) atoms. The molecular weight excluding hydrogens is 560 g/mol. The maximum absolute atomic E-state index is 6.59. The summed E-state index contributed by atoms with van der Waals surface area (Å²) in [5, 5.41) is 6.86. The SMILES string of the molecule is CC1(C)c2ccccc2-c2cc3oc4cccc(-c5ccc(-c6ccc7ccc8cccnc8c7n6)c6ccccc56)c4c3cc21. The van der Waals surface area contributed by atoms with Crippen LogP contribution in [0, 0.1) is 0 Å². The number of aromatic nitrogens is 2. The maximum atomic E-state index is 6.59. The Hall–Kier alpha value is -5.80. The van der Waals surface area contributed by atoms with Crippen LogP contribution in [0.15, 0.2) is 138 Å². The van der Waals surface area contributed by atoms with Crippen molar-refractivity contribution in [1.29, 1.82) is 0 Å². The Balaban J connectivity index is 1.20. The van der Waals surface area contributed by atoms with Crippen LogP contribution in [0.2, 0.25) is 0 Å². The van der Waals surface area contributed by atoms with Crippen LogP contribution >= 0.6 is 0 Å². The van der Waals surface area contributed by atoms with E-state index >= 15 is 0 Å². The molecule has 0 bridgehead atoms. The van der Waals surface area contributed by atoms with Crippen molar-refractivity contribution in [2.75, 3.05) is 0 Å². The van der Waals surface area contributed by atoms with Gasteiger partial charge in [-0.3, -0.25) is 4.98 Å². The average molecular weight is 589 g/mol. The highest BCUT2D eigenvalue weighted by atomic mass is 16.3. The maximum Gasteiger partial charge on any atom is 0.136 e. The van der Waals surface area contributed by atoms with Gasteiger partial charge in [0.25, 0.3) is 0 Å². The van der Waals surface area contributed by atoms with Crippen LogP contribution in [0.1, 0.15) is 25.0 Å². The first-order chi connectivity index (χ1) is 22.6. The minimum Gasteiger partial charge on any atom is -0.456 e. The standard InChI is InChI=1S/C43H28N2O/c1-43(2)35-14-6-5-12-30(35)33-24-39-34(23-36(33)43)40-32(13-7-15-38(40)46-39)29-19-20-31(28-11-4-3-10-27(28)29)37-21-18-26-17-16-25-9-8-22-44-41(25)42(26)45-37/h3-24H,1-2H3. The molecule has 0 N–H and O–H groups in total. The zero-order chi connectivity index (χ0) is 30.6. The van der Waals surface area contributed by atoms with Crippen molar-refractivity contribution in [3.63, 3.8) is 0 Å². The van der Waals surface area contributed by atoms with Gasteiger partial charge in [-0.2, -0.15) is 0 Å². The summed E-state index contributed by atoms with van der Waals surface area (Å²) in [5.41, 5.74) is 13.3. The number of fused-ring (bicyclic) bond motifs is 10. The van der Waals surface area contributed by atoms with Gasteiger partial charge in [-0.1, -0.05) is 111 Å². The summed E-state index contributed by atoms with van der Waals surface area (Å²) in [4.78, 5) is 9.88. The Bertz CT molecular complexity index is 2730. The molecule has 6 aromatic carbocycles. The van der Waals surface area contributed by atoms with E-state index < -0.39 is 0 Å². The van der Waals surface area contributed by atoms with E-state index in [-0.39, 0.29) is 5.41 Å². The third-order valence-corrected chi connectivity index (χ3v) is 10.1. The molecule has 0 amide bonds. The van der Waals surface area contributed by atoms with Crippen LogP contribution in [-0.2, 0) is 5.41 Å². The molecule has 3 aromatic heterocycles. The van der Waals surface area contributed by atoms with Gasteiger partial charge in [-0.15, -0.1) is 0 Å². The van der Waals surface area contributed by atoms with Crippen molar-refractivity contribution in [1.82, 2.24) is 9.97 Å². The summed E-state index contributed by atoms with van der Waals surface area (Å²) in [7, 11) is 0. The average Bonchev–Trinajstić information content (AvgIpc) is 3.58. The number of rotatable bonds is 2. The lowest BCUT2D eigenvalue weighted by atomic mass is 9.82. The van der Waals surface area contributed by atoms with Crippen molar-refractivity contribution in [3.8, 4) is 33.5 Å². The predicted octanol–water partition coefficient (Wildman–Crippen LogP) is 11.5. The summed E-state index contributed by atoms with van der Waals surface area (Å²) in [6.45, 7) is 4.66. The fraction of sp³-hybridized carbons (Fsp3) is 0.0698. The fourth-order valence-electron chi connectivity index (χ4n) is 7.88. The molecule has 0 fully saturated rings. The van der Waals surface area contributed by atoms with Gasteiger partial charge in [0, 0.05) is 38.7 Å². The normalized spacial score (nSPS) is 13.6. The van der Waals surface area contributed by atoms with Gasteiger partial charge in [0.05, 0.1) is 16.7 Å². The highest BCUT2D eigenvalue weighted by Crippen LogP contribution is 2.51. The van der Waals surface area contributed by atoms with Crippen LogP contribution in [0.5, 0.6) is 0 Å². The molecule has 0 saturated heterocycles. The number of nitrogens with zero attached hydrogens (tertiary/aromatic N) is 2. The molecular formula is C43H28N2O. The van der Waals surface area contributed by atoms with Gasteiger partial charge in [-0.25, -0.2) is 4.98 Å². The van der Waals surface area contributed by atoms with Crippen molar-refractivity contribution in [2.24, 2.45) is 0 Å². The first-order valence-corrected chi connectivity index (χ1v) is 15.8. The molecule has 0 spiro atoms. The monoisotopic (exact) mass is 588 g/mol. The summed E-state index contributed by atoms with van der Waals surface area (Å²) in [5.74, 6) is 0. The van der Waals surface area contributed by atoms with Gasteiger partial charge in [-0.05, 0) is 74.5 Å². The molecule has 1 aliphatic rings. The topological polar surface area (TPSA) is 38.9 Å². The molecule has 1 aliphatic carbocycles. The molecule has 216 valence electrons. The van der Waals surface area contributed by atoms with E-state index in [1.165, 1.54) is 44.2 Å². The molecule has 0 radical (unpaired) electrons. The van der Waals surface area contributed by atoms with Gasteiger partial charge >= 0.3 is 0 Å². The van der Waals surface area contributed by atoms with E-state index in [1.54, 1.807) is 0 Å². The van der Waals surface area contributed by atoms with E-state index in [0.717, 1.165) is 55.0 Å². The minimum atomic E-state index is -0.0826. The minimum absolute atomic E-state index is 0.0826. The Kier molecular flexibility index (Phi) is 5.06. The van der Waals surface area contributed by atoms with E-state index in [1.807, 2.05) is 12.3 Å². The molecule has 0 unspecified atom stereocenters. The Labute approximate surface area is 265 Å². The van der Waals surface area contributed by atoms with Crippen LogP contribution in [0.4, 0.5) is 0 Å². The lowest BCUT2D eigenvalue weighted by molar-refractivity contribution is 0.658. The first kappa shape index (κ1) is 25.5. The van der Waals surface area contributed by atoms with Crippen LogP contribution in [0.3, 0.4) is 0 Å². The lowest BCUT2D eigenvalue weighted by Gasteiger charge is -2.21. The van der Waals surface area contributed by atoms with Crippen molar-refractivity contribution < 1.29 is 4.42 Å². The summed E-state index contributed by atoms with van der Waals surface area (Å²) in [6.07, 6.45) is 1.84. The van der Waals surface area contributed by atoms with Gasteiger partial charge < -0.3 is 4.42 Å². The largest absolute Gasteiger partial charge is 0.456 e. The number of furan rings is 1. The molecule has 3 heteroatoms. The summed E-state index contributed by atoms with van der Waals surface area (Å²) >= 11 is 0. The number of hydrogen-bond acceptors (Lipinski definition) is 3. The second-order valence-corrected chi connectivity index (χ2v) is 13.0. The lowest BCUT2D eigenvalue weighted by Crippen LogP contribution is -2.14. The van der Waals surface area contributed by atoms with Crippen molar-refractivity contribution in [2.45, 2.75) is 19.3 Å². The van der Waals surface area contributed by atoms with E-state index in [4.69, 9.17) is 9.40 Å². The van der Waals surface area contributed by atoms with Crippen molar-refractivity contribution in [3.05, 3.63) is 145 Å². The molecule has 3 heterocycles. The second kappa shape index (κ2) is 9.12. The van der Waals surface area contributed by atoms with E-state index in [9.17, 15) is 0 Å². The third-order valence-electron chi connectivity index (χ3n) is 10.1. The molecule has 0 atom stereocenters. The summed E-state index contributed by atoms with van der Waals surface area (Å²) in [6, 6.07) is 45.6. The van der Waals surface area contributed by atoms with Gasteiger partial charge in [0.15, 0.2) is 0 Å². The zero-order valence-corrected chi connectivity index (χ0v) is 25.5. The van der Waals surface area contributed by atoms with Crippen LogP contribution < -0.4 is 0 Å². The number of pyridine rings is 2. The zero-order valence-electron chi connectivity index (χ0n) is 25.5. The Morgan fingerprint density at radius 2 is 1.24 bits per heavy atom. The Morgan fingerprint density at radius 3 is 2.13 bits per heavy atom. The smallest absolute Gasteiger partial charge is 0.136 e. The van der Waals surface area contributed by atoms with Crippen LogP contribution in [-0.4, -0.2) is 9.97 Å². The summed E-state index contributed by atoms with van der Waals surface area (Å²) < 4.78 is 6.59. The highest BCUT2D eigenvalue weighted by Gasteiger charge is 2.36. The van der Waals surface area contributed by atoms with E-state index in [0.29, 0.717) is 0 Å². The van der Waals surface area contributed by atoms with Gasteiger partial charge in [0.1, 0.15) is 11.2 Å². The van der Waals surface area contributed by atoms with Crippen molar-refractivity contribution >= 4 is 54.5 Å².